The maximum atomic E-state index is 13.9. The first-order valence-electron chi connectivity index (χ1n) is 21.1. The molecule has 0 spiro atoms. The minimum atomic E-state index is -0.820. The number of thiophene rings is 1. The zero-order valence-electron chi connectivity index (χ0n) is 35.3. The van der Waals surface area contributed by atoms with E-state index < -0.39 is 18.1 Å². The highest BCUT2D eigenvalue weighted by molar-refractivity contribution is 7.19. The number of phenols is 1. The molecular formula is C46H53N7O6S2. The molecule has 4 aromatic heterocycles. The number of hydrogen-bond acceptors (Lipinski definition) is 13. The molecule has 6 heterocycles. The number of β-amino-alcohol motifs (C(OH)–C–C–N with tert-alkyl or cyclic N) is 1. The average molecular weight is 864 g/mol. The quantitative estimate of drug-likeness (QED) is 0.0916. The number of aliphatic hydroxyl groups is 1. The van der Waals surface area contributed by atoms with Crippen LogP contribution in [0.2, 0.25) is 0 Å². The molecule has 2 aromatic carbocycles. The molecule has 13 nitrogen and oxygen atoms in total. The number of aryl methyl sites for hydroxylation is 3. The first-order valence-corrected chi connectivity index (χ1v) is 22.8. The van der Waals surface area contributed by atoms with E-state index in [0.717, 1.165) is 70.8 Å². The van der Waals surface area contributed by atoms with Crippen LogP contribution >= 0.6 is 22.7 Å². The Morgan fingerprint density at radius 2 is 1.85 bits per heavy atom. The van der Waals surface area contributed by atoms with Gasteiger partial charge in [-0.25, -0.2) is 4.98 Å². The molecule has 2 amide bonds. The number of benzene rings is 2. The van der Waals surface area contributed by atoms with Crippen molar-refractivity contribution >= 4 is 44.7 Å². The van der Waals surface area contributed by atoms with Gasteiger partial charge >= 0.3 is 0 Å². The molecule has 2 aliphatic heterocycles. The normalized spacial score (nSPS) is 18.0. The van der Waals surface area contributed by atoms with Crippen LogP contribution in [0.15, 0.2) is 64.6 Å². The summed E-state index contributed by atoms with van der Waals surface area (Å²) in [5.41, 5.74) is 7.90. The molecule has 3 atom stereocenters. The van der Waals surface area contributed by atoms with E-state index >= 15 is 0 Å². The van der Waals surface area contributed by atoms with Gasteiger partial charge in [-0.15, -0.1) is 32.9 Å². The predicted molar refractivity (Wildman–Crippen MR) is 237 cm³/mol. The number of fused-ring (bicyclic) bond motifs is 1. The number of aromatic nitrogens is 4. The predicted octanol–water partition coefficient (Wildman–Crippen LogP) is 7.77. The molecule has 3 N–H and O–H groups in total. The van der Waals surface area contributed by atoms with Gasteiger partial charge in [-0.3, -0.25) is 9.59 Å². The summed E-state index contributed by atoms with van der Waals surface area (Å²) in [5, 5.41) is 38.2. The maximum Gasteiger partial charge on any atom is 0.243 e. The van der Waals surface area contributed by atoms with Crippen LogP contribution in [0.4, 0.5) is 0 Å². The third-order valence-electron chi connectivity index (χ3n) is 12.0. The van der Waals surface area contributed by atoms with Gasteiger partial charge in [-0.05, 0) is 100 Å². The highest BCUT2D eigenvalue weighted by Gasteiger charge is 2.43. The Labute approximate surface area is 363 Å². The van der Waals surface area contributed by atoms with E-state index in [0.29, 0.717) is 41.0 Å². The lowest BCUT2D eigenvalue weighted by atomic mass is 9.91. The molecule has 0 radical (unpaired) electrons. The molecule has 0 unspecified atom stereocenters. The van der Waals surface area contributed by atoms with Crippen LogP contribution in [0.3, 0.4) is 0 Å². The number of likely N-dealkylation sites (tertiary alicyclic amines) is 2. The van der Waals surface area contributed by atoms with Crippen molar-refractivity contribution in [3.8, 4) is 33.2 Å². The lowest BCUT2D eigenvalue weighted by Crippen LogP contribution is -2.48. The van der Waals surface area contributed by atoms with Gasteiger partial charge in [-0.1, -0.05) is 43.3 Å². The van der Waals surface area contributed by atoms with Gasteiger partial charge in [-0.2, -0.15) is 0 Å². The molecule has 6 aromatic rings. The Kier molecular flexibility index (Phi) is 12.8. The SMILES string of the molecule is Cc1cc([C@H](C(=O)N2C[C@H](O)C[C@H]2C(=O)NCc2ccc(-c3scnc3C)cc2OCCCN2CCC(c3sc4nnc(-c5ccccc5O)cc4c3C)CC2)C(C)C)on1. The van der Waals surface area contributed by atoms with Crippen molar-refractivity contribution in [3.05, 3.63) is 93.3 Å². The molecule has 0 aliphatic carbocycles. The molecule has 0 bridgehead atoms. The number of amides is 2. The van der Waals surface area contributed by atoms with Crippen LogP contribution in [-0.2, 0) is 16.1 Å². The maximum absolute atomic E-state index is 13.9. The number of hydrogen-bond donors (Lipinski definition) is 3. The zero-order chi connectivity index (χ0) is 42.8. The summed E-state index contributed by atoms with van der Waals surface area (Å²) in [6.45, 7) is 13.5. The Balaban J connectivity index is 0.883. The van der Waals surface area contributed by atoms with Crippen LogP contribution < -0.4 is 10.1 Å². The van der Waals surface area contributed by atoms with Gasteiger partial charge < -0.3 is 34.6 Å². The molecule has 2 saturated heterocycles. The first kappa shape index (κ1) is 42.5. The number of aliphatic hydroxyl groups excluding tert-OH is 1. The molecule has 320 valence electrons. The lowest BCUT2D eigenvalue weighted by Gasteiger charge is -2.31. The van der Waals surface area contributed by atoms with Gasteiger partial charge in [0.05, 0.1) is 40.2 Å². The molecule has 2 aliphatic rings. The van der Waals surface area contributed by atoms with Crippen LogP contribution in [0, 0.1) is 26.7 Å². The second kappa shape index (κ2) is 18.4. The summed E-state index contributed by atoms with van der Waals surface area (Å²) < 4.78 is 12.0. The van der Waals surface area contributed by atoms with E-state index in [1.807, 2.05) is 56.6 Å². The summed E-state index contributed by atoms with van der Waals surface area (Å²) in [5.74, 6) is 0.503. The summed E-state index contributed by atoms with van der Waals surface area (Å²) in [6.07, 6.45) is 2.31. The van der Waals surface area contributed by atoms with E-state index in [4.69, 9.17) is 9.26 Å². The Bertz CT molecular complexity index is 2510. The monoisotopic (exact) mass is 863 g/mol. The van der Waals surface area contributed by atoms with Crippen LogP contribution in [-0.4, -0.2) is 97.1 Å². The molecule has 0 saturated carbocycles. The number of nitrogens with zero attached hydrogens (tertiary/aromatic N) is 6. The van der Waals surface area contributed by atoms with Crippen LogP contribution in [0.1, 0.15) is 84.5 Å². The highest BCUT2D eigenvalue weighted by atomic mass is 32.1. The van der Waals surface area contributed by atoms with Crippen molar-refractivity contribution in [1.82, 2.24) is 35.5 Å². The average Bonchev–Trinajstić information content (AvgIpc) is 4.05. The molecule has 61 heavy (non-hydrogen) atoms. The van der Waals surface area contributed by atoms with Gasteiger partial charge in [0.15, 0.2) is 0 Å². The van der Waals surface area contributed by atoms with Gasteiger partial charge in [0.25, 0.3) is 0 Å². The number of aromatic hydroxyl groups is 1. The number of piperidine rings is 1. The van der Waals surface area contributed by atoms with Gasteiger partial charge in [0.2, 0.25) is 11.8 Å². The Morgan fingerprint density at radius 3 is 2.57 bits per heavy atom. The fourth-order valence-electron chi connectivity index (χ4n) is 8.74. The second-order valence-electron chi connectivity index (χ2n) is 16.7. The van der Waals surface area contributed by atoms with Gasteiger partial charge in [0, 0.05) is 53.5 Å². The fraction of sp³-hybridized carbons (Fsp3) is 0.435. The summed E-state index contributed by atoms with van der Waals surface area (Å²) >= 11 is 3.32. The highest BCUT2D eigenvalue weighted by Crippen LogP contribution is 2.41. The van der Waals surface area contributed by atoms with E-state index in [1.54, 1.807) is 47.8 Å². The fourth-order valence-corrected chi connectivity index (χ4v) is 10.8. The number of para-hydroxylation sites is 1. The Hall–Kier alpha value is -5.22. The number of rotatable bonds is 14. The van der Waals surface area contributed by atoms with E-state index in [9.17, 15) is 19.8 Å². The van der Waals surface area contributed by atoms with E-state index in [-0.39, 0.29) is 43.0 Å². The van der Waals surface area contributed by atoms with Crippen molar-refractivity contribution < 1.29 is 29.1 Å². The summed E-state index contributed by atoms with van der Waals surface area (Å²) in [6, 6.07) is 16.3. The smallest absolute Gasteiger partial charge is 0.243 e. The first-order chi connectivity index (χ1) is 29.4. The van der Waals surface area contributed by atoms with Crippen molar-refractivity contribution in [2.75, 3.05) is 32.8 Å². The topological polar surface area (TPSA) is 167 Å². The zero-order valence-corrected chi connectivity index (χ0v) is 36.9. The van der Waals surface area contributed by atoms with Crippen molar-refractivity contribution in [3.63, 3.8) is 0 Å². The van der Waals surface area contributed by atoms with E-state index in [2.05, 4.69) is 43.5 Å². The minimum absolute atomic E-state index is 0.0742. The van der Waals surface area contributed by atoms with Crippen molar-refractivity contribution in [2.45, 2.75) is 90.8 Å². The standard InChI is InChI=1S/C46H53N7O6S2/c1-26(2)41(40-19-27(3)51-59-40)46(57)53-24-33(54)21-37(53)44(56)47-23-32-12-11-31(43-29(5)48-25-60-43)20-39(32)58-18-8-15-52-16-13-30(14-17-52)42-28(4)35-22-36(49-50-45(35)61-42)34-9-6-7-10-38(34)55/h6-7,9-12,19-20,22,25-26,30,33,37,41,54-55H,8,13-18,21,23-24H2,1-5H3,(H,47,56)/t33-,37+,41-/m1/s1. The number of thiazole rings is 1. The third-order valence-corrected chi connectivity index (χ3v) is 14.4. The Morgan fingerprint density at radius 1 is 1.05 bits per heavy atom. The molecular weight excluding hydrogens is 811 g/mol. The van der Waals surface area contributed by atoms with Crippen molar-refractivity contribution in [2.24, 2.45) is 5.92 Å². The number of phenolic OH excluding ortho intramolecular Hbond substituents is 1. The molecule has 15 heteroatoms. The second-order valence-corrected chi connectivity index (χ2v) is 18.6. The van der Waals surface area contributed by atoms with Crippen LogP contribution in [0.25, 0.3) is 31.9 Å². The third kappa shape index (κ3) is 9.20. The number of carbonyl (C=O) groups is 2. The summed E-state index contributed by atoms with van der Waals surface area (Å²) in [4.78, 5) is 39.5. The number of nitrogens with one attached hydrogen (secondary N) is 1. The minimum Gasteiger partial charge on any atom is -0.507 e. The molecule has 2 fully saturated rings. The van der Waals surface area contributed by atoms with Crippen LogP contribution in [0.5, 0.6) is 11.5 Å². The van der Waals surface area contributed by atoms with Crippen molar-refractivity contribution in [1.29, 1.82) is 0 Å². The van der Waals surface area contributed by atoms with Gasteiger partial charge in [0.1, 0.15) is 34.0 Å². The largest absolute Gasteiger partial charge is 0.507 e. The molecule has 8 rings (SSSR count). The summed E-state index contributed by atoms with van der Waals surface area (Å²) in [7, 11) is 0. The lowest BCUT2D eigenvalue weighted by molar-refractivity contribution is -0.141. The van der Waals surface area contributed by atoms with E-state index in [1.165, 1.54) is 15.3 Å². The number of carbonyl (C=O) groups excluding carboxylic acids is 2. The number of ether oxygens (including phenoxy) is 1.